The zero-order valence-corrected chi connectivity index (χ0v) is 13.5. The van der Waals surface area contributed by atoms with Crippen LogP contribution >= 0.6 is 0 Å². The Labute approximate surface area is 126 Å². The van der Waals surface area contributed by atoms with Crippen molar-refractivity contribution in [2.45, 2.75) is 50.5 Å². The number of carbonyl (C=O) groups is 1. The van der Waals surface area contributed by atoms with Gasteiger partial charge in [0, 0.05) is 0 Å². The van der Waals surface area contributed by atoms with Crippen LogP contribution in [0.25, 0.3) is 0 Å². The van der Waals surface area contributed by atoms with Crippen molar-refractivity contribution in [1.82, 2.24) is 0 Å². The SMILES string of the molecule is CCCS(=O)(=O)c1ccccc1NC(CC)(CC)C(=O)O. The number of rotatable bonds is 8. The van der Waals surface area contributed by atoms with Gasteiger partial charge in [-0.1, -0.05) is 32.9 Å². The Morgan fingerprint density at radius 3 is 2.24 bits per heavy atom. The third-order valence-electron chi connectivity index (χ3n) is 3.69. The Bertz CT molecular complexity index is 591. The summed E-state index contributed by atoms with van der Waals surface area (Å²) in [7, 11) is -3.41. The molecule has 0 spiro atoms. The molecule has 2 N–H and O–H groups in total. The van der Waals surface area contributed by atoms with Crippen molar-refractivity contribution in [3.8, 4) is 0 Å². The van der Waals surface area contributed by atoms with E-state index in [1.165, 1.54) is 6.07 Å². The standard InChI is InChI=1S/C15H23NO4S/c1-4-11-21(19,20)13-10-8-7-9-12(13)16-15(5-2,6-3)14(17)18/h7-10,16H,4-6,11H2,1-3H3,(H,17,18). The Morgan fingerprint density at radius 1 is 1.19 bits per heavy atom. The van der Waals surface area contributed by atoms with Crippen LogP contribution in [0.2, 0.25) is 0 Å². The first kappa shape index (κ1) is 17.5. The first-order chi connectivity index (χ1) is 9.83. The van der Waals surface area contributed by atoms with Crippen LogP contribution < -0.4 is 5.32 Å². The van der Waals surface area contributed by atoms with Gasteiger partial charge in [0.15, 0.2) is 9.84 Å². The maximum absolute atomic E-state index is 12.3. The van der Waals surface area contributed by atoms with E-state index >= 15 is 0 Å². The second-order valence-electron chi connectivity index (χ2n) is 5.03. The molecule has 0 aliphatic heterocycles. The number of hydrogen-bond acceptors (Lipinski definition) is 4. The Balaban J connectivity index is 3.30. The predicted octanol–water partition coefficient (Wildman–Crippen LogP) is 2.93. The average molecular weight is 313 g/mol. The molecule has 0 radical (unpaired) electrons. The van der Waals surface area contributed by atoms with Crippen molar-refractivity contribution in [2.24, 2.45) is 0 Å². The largest absolute Gasteiger partial charge is 0.480 e. The van der Waals surface area contributed by atoms with E-state index in [0.717, 1.165) is 0 Å². The molecule has 0 heterocycles. The minimum Gasteiger partial charge on any atom is -0.480 e. The van der Waals surface area contributed by atoms with Crippen LogP contribution in [0.4, 0.5) is 5.69 Å². The fraction of sp³-hybridized carbons (Fsp3) is 0.533. The minimum atomic E-state index is -3.41. The van der Waals surface area contributed by atoms with Crippen LogP contribution in [0.5, 0.6) is 0 Å². The lowest BCUT2D eigenvalue weighted by Crippen LogP contribution is -2.45. The molecule has 6 heteroatoms. The van der Waals surface area contributed by atoms with E-state index < -0.39 is 21.3 Å². The summed E-state index contributed by atoms with van der Waals surface area (Å²) in [6.07, 6.45) is 1.24. The third-order valence-corrected chi connectivity index (χ3v) is 5.66. The van der Waals surface area contributed by atoms with E-state index in [4.69, 9.17) is 0 Å². The molecule has 0 aliphatic carbocycles. The normalized spacial score (nSPS) is 12.1. The smallest absolute Gasteiger partial charge is 0.329 e. The summed E-state index contributed by atoms with van der Waals surface area (Å²) in [4.78, 5) is 11.7. The van der Waals surface area contributed by atoms with Gasteiger partial charge in [0.2, 0.25) is 0 Å². The summed E-state index contributed by atoms with van der Waals surface area (Å²) in [5.41, 5.74) is -0.797. The monoisotopic (exact) mass is 313 g/mol. The van der Waals surface area contributed by atoms with Crippen molar-refractivity contribution < 1.29 is 18.3 Å². The third kappa shape index (κ3) is 3.75. The van der Waals surface area contributed by atoms with Gasteiger partial charge in [0.1, 0.15) is 5.54 Å². The van der Waals surface area contributed by atoms with E-state index in [0.29, 0.717) is 24.9 Å². The van der Waals surface area contributed by atoms with Gasteiger partial charge in [-0.2, -0.15) is 0 Å². The van der Waals surface area contributed by atoms with Crippen LogP contribution in [0, 0.1) is 0 Å². The number of sulfone groups is 1. The number of carboxylic acids is 1. The summed E-state index contributed by atoms with van der Waals surface area (Å²) >= 11 is 0. The van der Waals surface area contributed by atoms with E-state index in [2.05, 4.69) is 5.32 Å². The fourth-order valence-electron chi connectivity index (χ4n) is 2.26. The van der Waals surface area contributed by atoms with Gasteiger partial charge in [-0.3, -0.25) is 0 Å². The molecule has 21 heavy (non-hydrogen) atoms. The molecule has 118 valence electrons. The highest BCUT2D eigenvalue weighted by Gasteiger charge is 2.35. The minimum absolute atomic E-state index is 0.0456. The molecule has 0 fully saturated rings. The van der Waals surface area contributed by atoms with Gasteiger partial charge in [-0.25, -0.2) is 13.2 Å². The van der Waals surface area contributed by atoms with Crippen molar-refractivity contribution in [2.75, 3.05) is 11.1 Å². The zero-order valence-electron chi connectivity index (χ0n) is 12.7. The lowest BCUT2D eigenvalue weighted by atomic mass is 9.92. The van der Waals surface area contributed by atoms with Gasteiger partial charge in [0.05, 0.1) is 16.3 Å². The highest BCUT2D eigenvalue weighted by molar-refractivity contribution is 7.91. The summed E-state index contributed by atoms with van der Waals surface area (Å²) < 4.78 is 24.6. The number of para-hydroxylation sites is 1. The second-order valence-corrected chi connectivity index (χ2v) is 7.11. The molecule has 1 rings (SSSR count). The number of hydrogen-bond donors (Lipinski definition) is 2. The van der Waals surface area contributed by atoms with Gasteiger partial charge < -0.3 is 10.4 Å². The Morgan fingerprint density at radius 2 is 1.76 bits per heavy atom. The van der Waals surface area contributed by atoms with Crippen molar-refractivity contribution in [3.63, 3.8) is 0 Å². The molecule has 0 aromatic heterocycles. The van der Waals surface area contributed by atoms with Gasteiger partial charge >= 0.3 is 5.97 Å². The average Bonchev–Trinajstić information content (AvgIpc) is 2.44. The molecule has 1 aromatic rings. The van der Waals surface area contributed by atoms with Crippen LogP contribution in [-0.4, -0.2) is 30.8 Å². The first-order valence-corrected chi connectivity index (χ1v) is 8.81. The second kappa shape index (κ2) is 6.93. The van der Waals surface area contributed by atoms with Crippen molar-refractivity contribution in [1.29, 1.82) is 0 Å². The number of aliphatic carboxylic acids is 1. The fourth-order valence-corrected chi connectivity index (χ4v) is 3.76. The molecule has 0 saturated carbocycles. The Kier molecular flexibility index (Phi) is 5.78. The summed E-state index contributed by atoms with van der Waals surface area (Å²) in [5.74, 6) is -0.931. The molecule has 1 aromatic carbocycles. The Hall–Kier alpha value is -1.56. The maximum Gasteiger partial charge on any atom is 0.329 e. The molecule has 0 saturated heterocycles. The summed E-state index contributed by atoms with van der Waals surface area (Å²) in [6, 6.07) is 6.48. The molecule has 0 unspecified atom stereocenters. The maximum atomic E-state index is 12.3. The van der Waals surface area contributed by atoms with E-state index in [-0.39, 0.29) is 10.6 Å². The van der Waals surface area contributed by atoms with Gasteiger partial charge in [-0.05, 0) is 31.4 Å². The quantitative estimate of drug-likeness (QED) is 0.771. The highest BCUT2D eigenvalue weighted by Crippen LogP contribution is 2.28. The predicted molar refractivity (Wildman–Crippen MR) is 83.4 cm³/mol. The van der Waals surface area contributed by atoms with Crippen LogP contribution in [0.3, 0.4) is 0 Å². The molecular weight excluding hydrogens is 290 g/mol. The zero-order chi connectivity index (χ0) is 16.1. The van der Waals surface area contributed by atoms with Gasteiger partial charge in [0.25, 0.3) is 0 Å². The molecule has 0 atom stereocenters. The molecule has 0 bridgehead atoms. The molecular formula is C15H23NO4S. The summed E-state index contributed by atoms with van der Waals surface area (Å²) in [5, 5.41) is 12.4. The highest BCUT2D eigenvalue weighted by atomic mass is 32.2. The number of benzene rings is 1. The van der Waals surface area contributed by atoms with E-state index in [1.807, 2.05) is 0 Å². The molecule has 0 aliphatic rings. The van der Waals surface area contributed by atoms with E-state index in [9.17, 15) is 18.3 Å². The van der Waals surface area contributed by atoms with Crippen LogP contribution in [0.15, 0.2) is 29.2 Å². The number of anilines is 1. The van der Waals surface area contributed by atoms with Crippen LogP contribution in [0.1, 0.15) is 40.0 Å². The van der Waals surface area contributed by atoms with Crippen molar-refractivity contribution >= 4 is 21.5 Å². The summed E-state index contributed by atoms with van der Waals surface area (Å²) in [6.45, 7) is 5.34. The van der Waals surface area contributed by atoms with Gasteiger partial charge in [-0.15, -0.1) is 0 Å². The first-order valence-electron chi connectivity index (χ1n) is 7.16. The van der Waals surface area contributed by atoms with Crippen molar-refractivity contribution in [3.05, 3.63) is 24.3 Å². The number of carboxylic acid groups (broad SMARTS) is 1. The topological polar surface area (TPSA) is 83.5 Å². The lowest BCUT2D eigenvalue weighted by molar-refractivity contribution is -0.142. The van der Waals surface area contributed by atoms with Crippen LogP contribution in [-0.2, 0) is 14.6 Å². The number of nitrogens with one attached hydrogen (secondary N) is 1. The lowest BCUT2D eigenvalue weighted by Gasteiger charge is -2.30. The van der Waals surface area contributed by atoms with E-state index in [1.54, 1.807) is 39.0 Å². The molecule has 0 amide bonds. The molecule has 5 nitrogen and oxygen atoms in total.